The van der Waals surface area contributed by atoms with Crippen molar-refractivity contribution in [2.75, 3.05) is 6.54 Å². The highest BCUT2D eigenvalue weighted by molar-refractivity contribution is 4.81. The molecule has 2 heteroatoms. The van der Waals surface area contributed by atoms with Crippen molar-refractivity contribution in [2.45, 2.75) is 71.1 Å². The predicted octanol–water partition coefficient (Wildman–Crippen LogP) is 2.41. The zero-order valence-corrected chi connectivity index (χ0v) is 10.1. The molecule has 0 unspecified atom stereocenters. The third kappa shape index (κ3) is 3.58. The normalized spacial score (nSPS) is 30.6. The molecule has 1 saturated heterocycles. The molecule has 2 nitrogen and oxygen atoms in total. The van der Waals surface area contributed by atoms with E-state index in [1.165, 1.54) is 19.3 Å². The molecule has 0 aromatic rings. The Morgan fingerprint density at radius 2 is 1.71 bits per heavy atom. The van der Waals surface area contributed by atoms with E-state index in [-0.39, 0.29) is 0 Å². The van der Waals surface area contributed by atoms with Crippen LogP contribution >= 0.6 is 0 Å². The van der Waals surface area contributed by atoms with Gasteiger partial charge >= 0.3 is 0 Å². The van der Waals surface area contributed by atoms with Crippen molar-refractivity contribution in [1.82, 2.24) is 4.90 Å². The zero-order chi connectivity index (χ0) is 10.8. The fourth-order valence-electron chi connectivity index (χ4n) is 2.32. The second-order valence-electron chi connectivity index (χ2n) is 5.43. The molecule has 0 aromatic heterocycles. The number of piperidine rings is 1. The maximum absolute atomic E-state index is 9.69. The molecule has 0 spiro atoms. The Labute approximate surface area is 88.3 Å². The summed E-state index contributed by atoms with van der Waals surface area (Å²) in [5.74, 6) is 0. The van der Waals surface area contributed by atoms with Gasteiger partial charge in [0.15, 0.2) is 0 Å². The first-order chi connectivity index (χ1) is 6.40. The van der Waals surface area contributed by atoms with E-state index in [0.29, 0.717) is 12.1 Å². The van der Waals surface area contributed by atoms with Gasteiger partial charge in [-0.2, -0.15) is 0 Å². The van der Waals surface area contributed by atoms with E-state index in [0.717, 1.165) is 13.0 Å². The lowest BCUT2D eigenvalue weighted by molar-refractivity contribution is 0.0323. The summed E-state index contributed by atoms with van der Waals surface area (Å²) in [6.45, 7) is 9.43. The van der Waals surface area contributed by atoms with Crippen LogP contribution < -0.4 is 0 Å². The number of nitrogens with zero attached hydrogens (tertiary/aromatic N) is 1. The largest absolute Gasteiger partial charge is 0.390 e. The fourth-order valence-corrected chi connectivity index (χ4v) is 2.32. The summed E-state index contributed by atoms with van der Waals surface area (Å²) in [5, 5.41) is 9.69. The van der Waals surface area contributed by atoms with Gasteiger partial charge in [-0.15, -0.1) is 0 Å². The standard InChI is InChI=1S/C12H25NO/c1-10-6-5-7-11(2)13(10)9-8-12(3,4)14/h10-11,14H,5-9H2,1-4H3/t10-,11+. The first kappa shape index (κ1) is 12.0. The van der Waals surface area contributed by atoms with Crippen LogP contribution in [0.15, 0.2) is 0 Å². The monoisotopic (exact) mass is 199 g/mol. The summed E-state index contributed by atoms with van der Waals surface area (Å²) in [5.41, 5.74) is -0.517. The maximum Gasteiger partial charge on any atom is 0.0603 e. The summed E-state index contributed by atoms with van der Waals surface area (Å²) in [7, 11) is 0. The summed E-state index contributed by atoms with van der Waals surface area (Å²) >= 11 is 0. The molecular weight excluding hydrogens is 174 g/mol. The minimum Gasteiger partial charge on any atom is -0.390 e. The molecule has 2 atom stereocenters. The van der Waals surface area contributed by atoms with Crippen molar-refractivity contribution in [2.24, 2.45) is 0 Å². The molecule has 1 fully saturated rings. The van der Waals surface area contributed by atoms with Gasteiger partial charge in [0.2, 0.25) is 0 Å². The highest BCUT2D eigenvalue weighted by Gasteiger charge is 2.25. The van der Waals surface area contributed by atoms with E-state index < -0.39 is 5.60 Å². The third-order valence-electron chi connectivity index (χ3n) is 3.36. The number of hydrogen-bond donors (Lipinski definition) is 1. The Hall–Kier alpha value is -0.0800. The van der Waals surface area contributed by atoms with Gasteiger partial charge < -0.3 is 5.11 Å². The Bertz CT molecular complexity index is 164. The average Bonchev–Trinajstić information content (AvgIpc) is 2.01. The molecule has 1 heterocycles. The zero-order valence-electron chi connectivity index (χ0n) is 10.1. The van der Waals surface area contributed by atoms with Gasteiger partial charge in [0.25, 0.3) is 0 Å². The van der Waals surface area contributed by atoms with Gasteiger partial charge in [-0.3, -0.25) is 4.90 Å². The molecule has 0 saturated carbocycles. The molecule has 0 amide bonds. The smallest absolute Gasteiger partial charge is 0.0603 e. The first-order valence-corrected chi connectivity index (χ1v) is 5.88. The van der Waals surface area contributed by atoms with E-state index in [4.69, 9.17) is 0 Å². The second kappa shape index (κ2) is 4.63. The minimum absolute atomic E-state index is 0.517. The molecule has 14 heavy (non-hydrogen) atoms. The van der Waals surface area contributed by atoms with Crippen molar-refractivity contribution in [3.05, 3.63) is 0 Å². The molecule has 1 aliphatic heterocycles. The van der Waals surface area contributed by atoms with Crippen LogP contribution in [0.5, 0.6) is 0 Å². The minimum atomic E-state index is -0.517. The molecule has 1 rings (SSSR count). The Morgan fingerprint density at radius 3 is 2.14 bits per heavy atom. The van der Waals surface area contributed by atoms with Crippen LogP contribution in [0, 0.1) is 0 Å². The lowest BCUT2D eigenvalue weighted by Crippen LogP contribution is -2.45. The molecule has 84 valence electrons. The second-order valence-corrected chi connectivity index (χ2v) is 5.43. The van der Waals surface area contributed by atoms with E-state index in [1.54, 1.807) is 0 Å². The number of aliphatic hydroxyl groups is 1. The SMILES string of the molecule is C[C@@H]1CCC[C@H](C)N1CCC(C)(C)O. The first-order valence-electron chi connectivity index (χ1n) is 5.88. The van der Waals surface area contributed by atoms with Gasteiger partial charge in [0.05, 0.1) is 5.60 Å². The van der Waals surface area contributed by atoms with Gasteiger partial charge in [-0.05, 0) is 47.0 Å². The lowest BCUT2D eigenvalue weighted by Gasteiger charge is -2.40. The van der Waals surface area contributed by atoms with Crippen molar-refractivity contribution >= 4 is 0 Å². The van der Waals surface area contributed by atoms with Crippen LogP contribution in [0.4, 0.5) is 0 Å². The van der Waals surface area contributed by atoms with E-state index in [2.05, 4.69) is 18.7 Å². The van der Waals surface area contributed by atoms with Crippen molar-refractivity contribution in [3.8, 4) is 0 Å². The molecule has 0 aromatic carbocycles. The van der Waals surface area contributed by atoms with Crippen molar-refractivity contribution in [1.29, 1.82) is 0 Å². The van der Waals surface area contributed by atoms with Crippen LogP contribution in [0.1, 0.15) is 53.4 Å². The van der Waals surface area contributed by atoms with Crippen LogP contribution in [-0.4, -0.2) is 34.2 Å². The number of likely N-dealkylation sites (tertiary alicyclic amines) is 1. The third-order valence-corrected chi connectivity index (χ3v) is 3.36. The van der Waals surface area contributed by atoms with Crippen LogP contribution in [0.25, 0.3) is 0 Å². The number of hydrogen-bond acceptors (Lipinski definition) is 2. The topological polar surface area (TPSA) is 23.5 Å². The predicted molar refractivity (Wildman–Crippen MR) is 60.4 cm³/mol. The molecule has 0 bridgehead atoms. The highest BCUT2D eigenvalue weighted by Crippen LogP contribution is 2.23. The molecule has 0 radical (unpaired) electrons. The quantitative estimate of drug-likeness (QED) is 0.754. The van der Waals surface area contributed by atoms with Crippen molar-refractivity contribution < 1.29 is 5.11 Å². The molecule has 1 N–H and O–H groups in total. The Morgan fingerprint density at radius 1 is 1.21 bits per heavy atom. The summed E-state index contributed by atoms with van der Waals surface area (Å²) in [4.78, 5) is 2.54. The Kier molecular flexibility index (Phi) is 3.96. The highest BCUT2D eigenvalue weighted by atomic mass is 16.3. The van der Waals surface area contributed by atoms with Gasteiger partial charge in [-0.25, -0.2) is 0 Å². The van der Waals surface area contributed by atoms with Crippen molar-refractivity contribution in [3.63, 3.8) is 0 Å². The van der Waals surface area contributed by atoms with Gasteiger partial charge in [0, 0.05) is 18.6 Å². The van der Waals surface area contributed by atoms with E-state index in [9.17, 15) is 5.11 Å². The lowest BCUT2D eigenvalue weighted by atomic mass is 9.95. The molecular formula is C12H25NO. The Balaban J connectivity index is 2.40. The fraction of sp³-hybridized carbons (Fsp3) is 1.00. The average molecular weight is 199 g/mol. The van der Waals surface area contributed by atoms with Crippen LogP contribution in [-0.2, 0) is 0 Å². The molecule has 0 aliphatic carbocycles. The van der Waals surface area contributed by atoms with Crippen LogP contribution in [0.2, 0.25) is 0 Å². The van der Waals surface area contributed by atoms with Gasteiger partial charge in [-0.1, -0.05) is 6.42 Å². The van der Waals surface area contributed by atoms with E-state index >= 15 is 0 Å². The van der Waals surface area contributed by atoms with Crippen LogP contribution in [0.3, 0.4) is 0 Å². The summed E-state index contributed by atoms with van der Waals surface area (Å²) < 4.78 is 0. The van der Waals surface area contributed by atoms with E-state index in [1.807, 2.05) is 13.8 Å². The number of rotatable bonds is 3. The van der Waals surface area contributed by atoms with Gasteiger partial charge in [0.1, 0.15) is 0 Å². The molecule has 1 aliphatic rings. The summed E-state index contributed by atoms with van der Waals surface area (Å²) in [6, 6.07) is 1.39. The maximum atomic E-state index is 9.69. The summed E-state index contributed by atoms with van der Waals surface area (Å²) in [6.07, 6.45) is 4.87.